The van der Waals surface area contributed by atoms with Gasteiger partial charge in [-0.1, -0.05) is 24.3 Å². The Hall–Kier alpha value is -3.11. The van der Waals surface area contributed by atoms with Gasteiger partial charge < -0.3 is 9.97 Å². The zero-order valence-electron chi connectivity index (χ0n) is 16.5. The van der Waals surface area contributed by atoms with Crippen LogP contribution in [0.25, 0.3) is 22.5 Å². The number of aromatic amines is 1. The quantitative estimate of drug-likeness (QED) is 0.245. The minimum atomic E-state index is 0.970. The van der Waals surface area contributed by atoms with Crippen LogP contribution in [0.3, 0.4) is 0 Å². The summed E-state index contributed by atoms with van der Waals surface area (Å²) >= 11 is 1.47. The van der Waals surface area contributed by atoms with Crippen LogP contribution in [0.15, 0.2) is 116 Å². The molecular formula is C25H20ClIrN4. The number of aromatic nitrogens is 4. The van der Waals surface area contributed by atoms with Gasteiger partial charge in [-0.3, -0.25) is 5.10 Å². The van der Waals surface area contributed by atoms with Crippen molar-refractivity contribution in [1.82, 2.24) is 20.2 Å². The number of rotatable bonds is 2. The summed E-state index contributed by atoms with van der Waals surface area (Å²) in [6, 6.07) is 35.5. The van der Waals surface area contributed by atoms with Gasteiger partial charge in [0.15, 0.2) is 0 Å². The molecule has 156 valence electrons. The van der Waals surface area contributed by atoms with Gasteiger partial charge >= 0.3 is 27.5 Å². The average molecular weight is 604 g/mol. The van der Waals surface area contributed by atoms with Gasteiger partial charge in [-0.05, 0) is 29.6 Å². The predicted molar refractivity (Wildman–Crippen MR) is 121 cm³/mol. The summed E-state index contributed by atoms with van der Waals surface area (Å²) in [6.45, 7) is 0. The van der Waals surface area contributed by atoms with Gasteiger partial charge in [0.05, 0.1) is 0 Å². The van der Waals surface area contributed by atoms with Gasteiger partial charge in [0.25, 0.3) is 0 Å². The molecule has 4 nitrogen and oxygen atoms in total. The third kappa shape index (κ3) is 9.49. The molecule has 0 bridgehead atoms. The van der Waals surface area contributed by atoms with Crippen LogP contribution in [-0.4, -0.2) is 20.2 Å². The SMILES string of the molecule is [Cl][Ir+2].[c-]1ccccc1-c1ccccn1.[c-]1ccccc1-c1ccccn1.c1cn[nH]c1. The van der Waals surface area contributed by atoms with Crippen LogP contribution < -0.4 is 0 Å². The number of benzene rings is 2. The van der Waals surface area contributed by atoms with E-state index in [2.05, 4.69) is 41.9 Å². The maximum absolute atomic E-state index is 4.64. The first-order valence-corrected chi connectivity index (χ1v) is 12.2. The van der Waals surface area contributed by atoms with E-state index in [9.17, 15) is 0 Å². The number of pyridine rings is 2. The van der Waals surface area contributed by atoms with E-state index in [1.165, 1.54) is 17.9 Å². The van der Waals surface area contributed by atoms with Crippen molar-refractivity contribution in [3.8, 4) is 22.5 Å². The van der Waals surface area contributed by atoms with Gasteiger partial charge in [-0.15, -0.1) is 71.8 Å². The van der Waals surface area contributed by atoms with Crippen LogP contribution in [-0.2, 0) is 17.9 Å². The monoisotopic (exact) mass is 604 g/mol. The molecule has 0 radical (unpaired) electrons. The summed E-state index contributed by atoms with van der Waals surface area (Å²) in [5.74, 6) is 0. The van der Waals surface area contributed by atoms with Crippen LogP contribution in [0.1, 0.15) is 0 Å². The Morgan fingerprint density at radius 1 is 0.613 bits per heavy atom. The molecule has 3 aromatic heterocycles. The second-order valence-electron chi connectivity index (χ2n) is 5.75. The number of hydrogen-bond acceptors (Lipinski definition) is 3. The van der Waals surface area contributed by atoms with Crippen molar-refractivity contribution < 1.29 is 17.9 Å². The molecule has 0 aliphatic heterocycles. The van der Waals surface area contributed by atoms with Crippen LogP contribution in [0.5, 0.6) is 0 Å². The summed E-state index contributed by atoms with van der Waals surface area (Å²) in [7, 11) is 4.64. The normalized spacial score (nSPS) is 8.97. The number of nitrogens with zero attached hydrogens (tertiary/aromatic N) is 3. The molecule has 0 spiro atoms. The third-order valence-corrected chi connectivity index (χ3v) is 3.71. The van der Waals surface area contributed by atoms with Crippen molar-refractivity contribution in [3.63, 3.8) is 0 Å². The molecule has 0 saturated carbocycles. The van der Waals surface area contributed by atoms with E-state index in [1.807, 2.05) is 91.0 Å². The molecule has 0 saturated heterocycles. The van der Waals surface area contributed by atoms with Crippen molar-refractivity contribution >= 4 is 9.58 Å². The van der Waals surface area contributed by atoms with Crippen molar-refractivity contribution in [2.75, 3.05) is 0 Å². The summed E-state index contributed by atoms with van der Waals surface area (Å²) in [4.78, 5) is 8.44. The minimum Gasteiger partial charge on any atom is -0.305 e. The van der Waals surface area contributed by atoms with Crippen molar-refractivity contribution in [1.29, 1.82) is 0 Å². The van der Waals surface area contributed by atoms with Gasteiger partial charge in [0, 0.05) is 24.8 Å². The number of nitrogens with one attached hydrogen (secondary N) is 1. The van der Waals surface area contributed by atoms with Crippen molar-refractivity contribution in [2.45, 2.75) is 0 Å². The zero-order valence-corrected chi connectivity index (χ0v) is 19.7. The van der Waals surface area contributed by atoms with E-state index in [1.54, 1.807) is 24.8 Å². The Labute approximate surface area is 197 Å². The van der Waals surface area contributed by atoms with E-state index in [0.717, 1.165) is 22.5 Å². The summed E-state index contributed by atoms with van der Waals surface area (Å²) < 4.78 is 0. The van der Waals surface area contributed by atoms with E-state index in [4.69, 9.17) is 0 Å². The molecule has 0 aliphatic rings. The van der Waals surface area contributed by atoms with Crippen LogP contribution >= 0.6 is 9.58 Å². The number of H-pyrrole nitrogens is 1. The Morgan fingerprint density at radius 2 is 1.13 bits per heavy atom. The molecule has 0 amide bonds. The fourth-order valence-corrected chi connectivity index (χ4v) is 2.36. The maximum Gasteiger partial charge on any atom is 0.0487 e. The second-order valence-corrected chi connectivity index (χ2v) is 5.75. The summed E-state index contributed by atoms with van der Waals surface area (Å²) in [5, 5.41) is 6.21. The first kappa shape index (κ1) is 24.2. The Balaban J connectivity index is 0.000000170. The largest absolute Gasteiger partial charge is 0.305 e. The standard InChI is InChI=1S/2C11H8N.C3H4N2.ClH.Ir/c2*1-2-6-10(7-3-1)11-8-4-5-9-12-11;1-2-4-5-3-1;;/h2*1-6,8-9H;1-3H,(H,4,5);1H;/q2*-1;;;+3/p-1. The maximum atomic E-state index is 4.64. The van der Waals surface area contributed by atoms with Crippen LogP contribution in [0, 0.1) is 12.1 Å². The van der Waals surface area contributed by atoms with Crippen LogP contribution in [0.2, 0.25) is 0 Å². The van der Waals surface area contributed by atoms with Gasteiger partial charge in [0.2, 0.25) is 0 Å². The van der Waals surface area contributed by atoms with E-state index >= 15 is 0 Å². The van der Waals surface area contributed by atoms with Crippen molar-refractivity contribution in [3.05, 3.63) is 128 Å². The number of halogens is 1. The molecule has 5 aromatic rings. The predicted octanol–water partition coefficient (Wildman–Crippen LogP) is 6.19. The topological polar surface area (TPSA) is 54.5 Å². The average Bonchev–Trinajstić information content (AvgIpc) is 3.48. The van der Waals surface area contributed by atoms with Gasteiger partial charge in [0.1, 0.15) is 0 Å². The van der Waals surface area contributed by atoms with Gasteiger partial charge in [-0.25, -0.2) is 0 Å². The summed E-state index contributed by atoms with van der Waals surface area (Å²) in [5.41, 5.74) is 4.02. The zero-order chi connectivity index (χ0) is 22.0. The fourth-order valence-electron chi connectivity index (χ4n) is 2.36. The molecule has 1 N–H and O–H groups in total. The Kier molecular flexibility index (Phi) is 12.2. The molecule has 2 aromatic carbocycles. The van der Waals surface area contributed by atoms with E-state index in [0.29, 0.717) is 0 Å². The molecule has 0 unspecified atom stereocenters. The Morgan fingerprint density at radius 3 is 1.42 bits per heavy atom. The molecule has 6 heteroatoms. The summed E-state index contributed by atoms with van der Waals surface area (Å²) in [6.07, 6.45) is 7.03. The molecule has 0 aliphatic carbocycles. The molecular weight excluding hydrogens is 584 g/mol. The minimum absolute atomic E-state index is 0.970. The molecule has 3 heterocycles. The first-order chi connectivity index (χ1) is 15.4. The fraction of sp³-hybridized carbons (Fsp3) is 0. The van der Waals surface area contributed by atoms with E-state index in [-0.39, 0.29) is 0 Å². The molecule has 5 rings (SSSR count). The molecule has 31 heavy (non-hydrogen) atoms. The van der Waals surface area contributed by atoms with Crippen LogP contribution in [0.4, 0.5) is 0 Å². The third-order valence-electron chi connectivity index (χ3n) is 3.71. The first-order valence-electron chi connectivity index (χ1n) is 9.26. The van der Waals surface area contributed by atoms with E-state index < -0.39 is 0 Å². The smallest absolute Gasteiger partial charge is 0.0487 e. The molecule has 0 fully saturated rings. The second kappa shape index (κ2) is 15.7. The van der Waals surface area contributed by atoms with Crippen molar-refractivity contribution in [2.24, 2.45) is 0 Å². The molecule has 0 atom stereocenters. The Bertz CT molecular complexity index is 863. The van der Waals surface area contributed by atoms with Gasteiger partial charge in [-0.2, -0.15) is 5.10 Å². The number of hydrogen-bond donors (Lipinski definition) is 1.